The minimum absolute atomic E-state index is 0.251. The largest absolute Gasteiger partial charge is 0.388 e. The number of halogens is 1. The number of aromatic nitrogens is 3. The number of aliphatic hydroxyl groups excluding tert-OH is 1. The van der Waals surface area contributed by atoms with Gasteiger partial charge in [-0.05, 0) is 22.0 Å². The molecule has 2 rings (SSSR count). The molecule has 0 aliphatic carbocycles. The van der Waals surface area contributed by atoms with Crippen molar-refractivity contribution in [1.82, 2.24) is 14.6 Å². The zero-order valence-electron chi connectivity index (χ0n) is 6.49. The monoisotopic (exact) mass is 243 g/mol. The molecule has 68 valence electrons. The summed E-state index contributed by atoms with van der Waals surface area (Å²) in [6.07, 6.45) is 1.66. The van der Waals surface area contributed by atoms with Crippen LogP contribution in [0.25, 0.3) is 5.52 Å². The smallest absolute Gasteiger partial charge is 0.275 e. The first-order chi connectivity index (χ1) is 6.20. The lowest BCUT2D eigenvalue weighted by atomic mass is 10.5. The molecule has 0 aliphatic rings. The average molecular weight is 244 g/mol. The summed E-state index contributed by atoms with van der Waals surface area (Å²) in [5.74, 6) is 0.251. The summed E-state index contributed by atoms with van der Waals surface area (Å²) in [5.41, 5.74) is 0.189. The number of H-pyrrole nitrogens is 1. The minimum Gasteiger partial charge on any atom is -0.388 e. The van der Waals surface area contributed by atoms with Crippen LogP contribution in [-0.4, -0.2) is 19.7 Å². The summed E-state index contributed by atoms with van der Waals surface area (Å²) < 4.78 is 2.20. The van der Waals surface area contributed by atoms with E-state index in [0.717, 1.165) is 4.47 Å². The molecule has 0 aliphatic heterocycles. The van der Waals surface area contributed by atoms with Crippen molar-refractivity contribution in [1.29, 1.82) is 0 Å². The lowest BCUT2D eigenvalue weighted by Crippen LogP contribution is -2.15. The number of hydrogen-bond acceptors (Lipinski definition) is 3. The normalized spacial score (nSPS) is 10.9. The van der Waals surface area contributed by atoms with Crippen molar-refractivity contribution in [3.05, 3.63) is 32.9 Å². The molecule has 13 heavy (non-hydrogen) atoms. The molecule has 0 saturated heterocycles. The zero-order chi connectivity index (χ0) is 9.42. The summed E-state index contributed by atoms with van der Waals surface area (Å²) >= 11 is 3.23. The van der Waals surface area contributed by atoms with Crippen molar-refractivity contribution >= 4 is 21.4 Å². The van der Waals surface area contributed by atoms with Crippen LogP contribution in [0.15, 0.2) is 21.5 Å². The Morgan fingerprint density at radius 3 is 3.15 bits per heavy atom. The Labute approximate surface area is 81.1 Å². The molecule has 2 aromatic heterocycles. The Hall–Kier alpha value is -1.14. The molecule has 0 spiro atoms. The molecule has 0 radical (unpaired) electrons. The highest BCUT2D eigenvalue weighted by molar-refractivity contribution is 9.10. The van der Waals surface area contributed by atoms with Gasteiger partial charge < -0.3 is 10.1 Å². The highest BCUT2D eigenvalue weighted by Crippen LogP contribution is 2.11. The van der Waals surface area contributed by atoms with Crippen molar-refractivity contribution in [3.8, 4) is 0 Å². The van der Waals surface area contributed by atoms with Gasteiger partial charge in [0, 0.05) is 10.7 Å². The van der Waals surface area contributed by atoms with E-state index < -0.39 is 0 Å². The van der Waals surface area contributed by atoms with Gasteiger partial charge in [-0.2, -0.15) is 5.10 Å². The summed E-state index contributed by atoms with van der Waals surface area (Å²) in [6, 6.07) is 1.66. The molecule has 0 saturated carbocycles. The van der Waals surface area contributed by atoms with E-state index in [9.17, 15) is 4.79 Å². The maximum absolute atomic E-state index is 11.3. The van der Waals surface area contributed by atoms with Gasteiger partial charge in [-0.3, -0.25) is 4.79 Å². The minimum atomic E-state index is -0.277. The number of rotatable bonds is 1. The van der Waals surface area contributed by atoms with E-state index in [-0.39, 0.29) is 18.0 Å². The van der Waals surface area contributed by atoms with E-state index in [1.54, 1.807) is 12.3 Å². The van der Waals surface area contributed by atoms with Gasteiger partial charge >= 0.3 is 0 Å². The third kappa shape index (κ3) is 1.38. The molecule has 0 unspecified atom stereocenters. The van der Waals surface area contributed by atoms with Crippen molar-refractivity contribution in [3.63, 3.8) is 0 Å². The van der Waals surface area contributed by atoms with Gasteiger partial charge in [0.25, 0.3) is 5.56 Å². The van der Waals surface area contributed by atoms with Crippen molar-refractivity contribution < 1.29 is 5.11 Å². The summed E-state index contributed by atoms with van der Waals surface area (Å²) in [5, 5.41) is 12.7. The second-order valence-electron chi connectivity index (χ2n) is 2.55. The Morgan fingerprint density at radius 1 is 1.69 bits per heavy atom. The Bertz CT molecular complexity index is 502. The maximum atomic E-state index is 11.3. The van der Waals surface area contributed by atoms with E-state index in [2.05, 4.69) is 26.0 Å². The number of hydrogen-bond donors (Lipinski definition) is 2. The van der Waals surface area contributed by atoms with Gasteiger partial charge in [-0.25, -0.2) is 4.52 Å². The predicted molar refractivity (Wildman–Crippen MR) is 49.4 cm³/mol. The van der Waals surface area contributed by atoms with Gasteiger partial charge in [0.15, 0.2) is 5.82 Å². The number of fused-ring (bicyclic) bond motifs is 1. The van der Waals surface area contributed by atoms with Gasteiger partial charge in [0.05, 0.1) is 0 Å². The summed E-state index contributed by atoms with van der Waals surface area (Å²) in [7, 11) is 0. The van der Waals surface area contributed by atoms with E-state index >= 15 is 0 Å². The Morgan fingerprint density at radius 2 is 2.46 bits per heavy atom. The second kappa shape index (κ2) is 2.97. The highest BCUT2D eigenvalue weighted by atomic mass is 79.9. The number of aromatic amines is 1. The molecular weight excluding hydrogens is 238 g/mol. The van der Waals surface area contributed by atoms with Gasteiger partial charge in [0.1, 0.15) is 12.1 Å². The molecule has 0 amide bonds. The van der Waals surface area contributed by atoms with Crippen LogP contribution in [0, 0.1) is 0 Å². The molecule has 6 heteroatoms. The lowest BCUT2D eigenvalue weighted by molar-refractivity contribution is 0.268. The second-order valence-corrected chi connectivity index (χ2v) is 3.46. The van der Waals surface area contributed by atoms with Crippen LogP contribution < -0.4 is 5.56 Å². The van der Waals surface area contributed by atoms with Crippen LogP contribution in [-0.2, 0) is 6.61 Å². The van der Waals surface area contributed by atoms with Crippen molar-refractivity contribution in [2.45, 2.75) is 6.61 Å². The molecule has 5 nitrogen and oxygen atoms in total. The van der Waals surface area contributed by atoms with E-state index in [1.807, 2.05) is 0 Å². The first kappa shape index (κ1) is 8.46. The standard InChI is InChI=1S/C7H6BrN3O2/c8-4-1-5-7(13)9-6(3-12)10-11(5)2-4/h1-2,12H,3H2,(H,9,10,13). The summed E-state index contributed by atoms with van der Waals surface area (Å²) in [4.78, 5) is 13.8. The van der Waals surface area contributed by atoms with Crippen LogP contribution in [0.4, 0.5) is 0 Å². The molecule has 2 N–H and O–H groups in total. The third-order valence-electron chi connectivity index (χ3n) is 1.64. The first-order valence-electron chi connectivity index (χ1n) is 3.58. The summed E-state index contributed by atoms with van der Waals surface area (Å²) in [6.45, 7) is -0.277. The van der Waals surface area contributed by atoms with Crippen LogP contribution in [0.2, 0.25) is 0 Å². The van der Waals surface area contributed by atoms with Gasteiger partial charge in [-0.15, -0.1) is 0 Å². The fourth-order valence-electron chi connectivity index (χ4n) is 1.09. The van der Waals surface area contributed by atoms with Gasteiger partial charge in [0.2, 0.25) is 0 Å². The van der Waals surface area contributed by atoms with E-state index in [0.29, 0.717) is 5.52 Å². The fourth-order valence-corrected chi connectivity index (χ4v) is 1.50. The fraction of sp³-hybridized carbons (Fsp3) is 0.143. The zero-order valence-corrected chi connectivity index (χ0v) is 8.08. The highest BCUT2D eigenvalue weighted by Gasteiger charge is 2.03. The topological polar surface area (TPSA) is 70.4 Å². The Kier molecular flexibility index (Phi) is 1.93. The van der Waals surface area contributed by atoms with Crippen LogP contribution in [0.3, 0.4) is 0 Å². The maximum Gasteiger partial charge on any atom is 0.275 e. The lowest BCUT2D eigenvalue weighted by Gasteiger charge is -1.96. The molecule has 2 aromatic rings. The van der Waals surface area contributed by atoms with E-state index in [4.69, 9.17) is 5.11 Å². The van der Waals surface area contributed by atoms with Crippen LogP contribution in [0.5, 0.6) is 0 Å². The van der Waals surface area contributed by atoms with E-state index in [1.165, 1.54) is 4.52 Å². The molecule has 0 fully saturated rings. The molecule has 0 atom stereocenters. The molecular formula is C7H6BrN3O2. The van der Waals surface area contributed by atoms with Crippen molar-refractivity contribution in [2.24, 2.45) is 0 Å². The third-order valence-corrected chi connectivity index (χ3v) is 2.07. The van der Waals surface area contributed by atoms with Gasteiger partial charge in [-0.1, -0.05) is 0 Å². The molecule has 2 heterocycles. The average Bonchev–Trinajstić information content (AvgIpc) is 2.46. The first-order valence-corrected chi connectivity index (χ1v) is 4.38. The van der Waals surface area contributed by atoms with Crippen LogP contribution >= 0.6 is 15.9 Å². The predicted octanol–water partition coefficient (Wildman–Crippen LogP) is 0.277. The van der Waals surface area contributed by atoms with Crippen LogP contribution in [0.1, 0.15) is 5.82 Å². The number of aliphatic hydroxyl groups is 1. The SMILES string of the molecule is O=c1[nH]c(CO)nn2cc(Br)cc12. The molecule has 0 aromatic carbocycles. The molecule has 0 bridgehead atoms. The Balaban J connectivity index is 2.83. The number of nitrogens with zero attached hydrogens (tertiary/aromatic N) is 2. The number of nitrogens with one attached hydrogen (secondary N) is 1. The quantitative estimate of drug-likeness (QED) is 0.756. The van der Waals surface area contributed by atoms with Crippen molar-refractivity contribution in [2.75, 3.05) is 0 Å².